The first-order valence-corrected chi connectivity index (χ1v) is 7.31. The van der Waals surface area contributed by atoms with Crippen molar-refractivity contribution in [2.75, 3.05) is 13.1 Å². The Hall–Kier alpha value is -1.02. The zero-order valence-corrected chi connectivity index (χ0v) is 11.2. The number of benzene rings is 1. The normalized spacial score (nSPS) is 29.4. The summed E-state index contributed by atoms with van der Waals surface area (Å²) in [4.78, 5) is 2.67. The molecule has 98 valence electrons. The molecule has 2 aliphatic rings. The van der Waals surface area contributed by atoms with Gasteiger partial charge in [-0.3, -0.25) is 4.90 Å². The second kappa shape index (κ2) is 4.93. The molecular formula is C16H23NO. The number of hydrogen-bond donors (Lipinski definition) is 1. The number of phenols is 1. The molecule has 1 aliphatic carbocycles. The molecule has 1 saturated carbocycles. The summed E-state index contributed by atoms with van der Waals surface area (Å²) in [5.41, 5.74) is 1.36. The zero-order chi connectivity index (χ0) is 12.5. The SMILES string of the molecule is CCC(c1ccc(O)cc1)N1CC2CCCC2C1. The Kier molecular flexibility index (Phi) is 3.29. The van der Waals surface area contributed by atoms with Crippen LogP contribution < -0.4 is 0 Å². The van der Waals surface area contributed by atoms with E-state index >= 15 is 0 Å². The summed E-state index contributed by atoms with van der Waals surface area (Å²) >= 11 is 0. The fourth-order valence-corrected chi connectivity index (χ4v) is 3.93. The van der Waals surface area contributed by atoms with Crippen LogP contribution in [0.2, 0.25) is 0 Å². The minimum absolute atomic E-state index is 0.367. The molecule has 2 nitrogen and oxygen atoms in total. The second-order valence-corrected chi connectivity index (χ2v) is 5.92. The lowest BCUT2D eigenvalue weighted by Gasteiger charge is -2.28. The first-order valence-electron chi connectivity index (χ1n) is 7.31. The minimum atomic E-state index is 0.367. The Morgan fingerprint density at radius 3 is 2.33 bits per heavy atom. The monoisotopic (exact) mass is 245 g/mol. The van der Waals surface area contributed by atoms with Gasteiger partial charge in [0.25, 0.3) is 0 Å². The number of rotatable bonds is 3. The van der Waals surface area contributed by atoms with Crippen LogP contribution in [-0.4, -0.2) is 23.1 Å². The molecule has 1 aromatic carbocycles. The highest BCUT2D eigenvalue weighted by atomic mass is 16.3. The molecule has 3 unspecified atom stereocenters. The largest absolute Gasteiger partial charge is 0.508 e. The summed E-state index contributed by atoms with van der Waals surface area (Å²) in [6.07, 6.45) is 5.48. The van der Waals surface area contributed by atoms with Crippen LogP contribution in [0, 0.1) is 11.8 Å². The van der Waals surface area contributed by atoms with Crippen LogP contribution in [0.5, 0.6) is 5.75 Å². The third-order valence-corrected chi connectivity index (χ3v) is 4.86. The molecule has 2 heteroatoms. The number of nitrogens with zero attached hydrogens (tertiary/aromatic N) is 1. The van der Waals surface area contributed by atoms with E-state index in [1.165, 1.54) is 37.9 Å². The van der Waals surface area contributed by atoms with Gasteiger partial charge < -0.3 is 5.11 Å². The molecule has 0 amide bonds. The fourth-order valence-electron chi connectivity index (χ4n) is 3.93. The molecule has 1 N–H and O–H groups in total. The first-order chi connectivity index (χ1) is 8.78. The molecule has 0 bridgehead atoms. The van der Waals surface area contributed by atoms with Crippen molar-refractivity contribution >= 4 is 0 Å². The fraction of sp³-hybridized carbons (Fsp3) is 0.625. The number of phenolic OH excluding ortho intramolecular Hbond substituents is 1. The second-order valence-electron chi connectivity index (χ2n) is 5.92. The quantitative estimate of drug-likeness (QED) is 0.880. The number of fused-ring (bicyclic) bond motifs is 1. The van der Waals surface area contributed by atoms with Crippen molar-refractivity contribution < 1.29 is 5.11 Å². The molecule has 1 heterocycles. The van der Waals surface area contributed by atoms with Crippen molar-refractivity contribution in [1.29, 1.82) is 0 Å². The van der Waals surface area contributed by atoms with Crippen LogP contribution in [0.1, 0.15) is 44.2 Å². The van der Waals surface area contributed by atoms with Gasteiger partial charge in [-0.25, -0.2) is 0 Å². The highest BCUT2D eigenvalue weighted by molar-refractivity contribution is 5.28. The van der Waals surface area contributed by atoms with Gasteiger partial charge in [0.2, 0.25) is 0 Å². The van der Waals surface area contributed by atoms with E-state index in [2.05, 4.69) is 24.0 Å². The van der Waals surface area contributed by atoms with E-state index in [9.17, 15) is 5.11 Å². The average molecular weight is 245 g/mol. The summed E-state index contributed by atoms with van der Waals surface area (Å²) in [5.74, 6) is 2.28. The van der Waals surface area contributed by atoms with Crippen molar-refractivity contribution in [1.82, 2.24) is 4.90 Å². The summed E-state index contributed by atoms with van der Waals surface area (Å²) in [6, 6.07) is 8.33. The Balaban J connectivity index is 1.75. The van der Waals surface area contributed by atoms with E-state index in [1.54, 1.807) is 0 Å². The predicted molar refractivity (Wildman–Crippen MR) is 73.5 cm³/mol. The van der Waals surface area contributed by atoms with Crippen LogP contribution in [0.4, 0.5) is 0 Å². The molecule has 0 radical (unpaired) electrons. The van der Waals surface area contributed by atoms with Crippen LogP contribution in [0.25, 0.3) is 0 Å². The molecule has 18 heavy (non-hydrogen) atoms. The van der Waals surface area contributed by atoms with Gasteiger partial charge in [-0.15, -0.1) is 0 Å². The molecule has 3 atom stereocenters. The van der Waals surface area contributed by atoms with E-state index < -0.39 is 0 Å². The molecular weight excluding hydrogens is 222 g/mol. The highest BCUT2D eigenvalue weighted by Crippen LogP contribution is 2.41. The molecule has 0 spiro atoms. The maximum absolute atomic E-state index is 9.39. The smallest absolute Gasteiger partial charge is 0.115 e. The highest BCUT2D eigenvalue weighted by Gasteiger charge is 2.38. The Morgan fingerprint density at radius 1 is 1.17 bits per heavy atom. The van der Waals surface area contributed by atoms with Crippen molar-refractivity contribution in [2.45, 2.75) is 38.6 Å². The average Bonchev–Trinajstić information content (AvgIpc) is 2.93. The lowest BCUT2D eigenvalue weighted by atomic mass is 10.0. The van der Waals surface area contributed by atoms with Gasteiger partial charge in [0.15, 0.2) is 0 Å². The van der Waals surface area contributed by atoms with E-state index in [1.807, 2.05) is 12.1 Å². The molecule has 1 aromatic rings. The number of aromatic hydroxyl groups is 1. The summed E-state index contributed by atoms with van der Waals surface area (Å²) < 4.78 is 0. The van der Waals surface area contributed by atoms with Gasteiger partial charge in [-0.2, -0.15) is 0 Å². The molecule has 0 aromatic heterocycles. The zero-order valence-electron chi connectivity index (χ0n) is 11.2. The topological polar surface area (TPSA) is 23.5 Å². The molecule has 1 saturated heterocycles. The lowest BCUT2D eigenvalue weighted by Crippen LogP contribution is -2.27. The Labute approximate surface area is 110 Å². The van der Waals surface area contributed by atoms with Gasteiger partial charge in [0.05, 0.1) is 0 Å². The van der Waals surface area contributed by atoms with Gasteiger partial charge >= 0.3 is 0 Å². The third kappa shape index (κ3) is 2.14. The van der Waals surface area contributed by atoms with Crippen LogP contribution in [0.3, 0.4) is 0 Å². The van der Waals surface area contributed by atoms with Crippen molar-refractivity contribution in [3.63, 3.8) is 0 Å². The van der Waals surface area contributed by atoms with Gasteiger partial charge in [0, 0.05) is 19.1 Å². The molecule has 1 aliphatic heterocycles. The van der Waals surface area contributed by atoms with E-state index in [0.29, 0.717) is 11.8 Å². The summed E-state index contributed by atoms with van der Waals surface area (Å²) in [7, 11) is 0. The van der Waals surface area contributed by atoms with Crippen molar-refractivity contribution in [3.05, 3.63) is 29.8 Å². The van der Waals surface area contributed by atoms with Gasteiger partial charge in [-0.1, -0.05) is 25.5 Å². The minimum Gasteiger partial charge on any atom is -0.508 e. The van der Waals surface area contributed by atoms with Crippen molar-refractivity contribution in [3.8, 4) is 5.75 Å². The van der Waals surface area contributed by atoms with Gasteiger partial charge in [-0.05, 0) is 48.8 Å². The Bertz CT molecular complexity index is 388. The van der Waals surface area contributed by atoms with Crippen LogP contribution in [0.15, 0.2) is 24.3 Å². The van der Waals surface area contributed by atoms with Gasteiger partial charge in [0.1, 0.15) is 5.75 Å². The van der Waals surface area contributed by atoms with Crippen LogP contribution >= 0.6 is 0 Å². The number of likely N-dealkylation sites (tertiary alicyclic amines) is 1. The number of hydrogen-bond acceptors (Lipinski definition) is 2. The van der Waals surface area contributed by atoms with Crippen molar-refractivity contribution in [2.24, 2.45) is 11.8 Å². The third-order valence-electron chi connectivity index (χ3n) is 4.86. The maximum atomic E-state index is 9.39. The summed E-state index contributed by atoms with van der Waals surface area (Å²) in [5, 5.41) is 9.39. The van der Waals surface area contributed by atoms with E-state index in [-0.39, 0.29) is 0 Å². The molecule has 2 fully saturated rings. The predicted octanol–water partition coefficient (Wildman–Crippen LogP) is 3.58. The standard InChI is InChI=1S/C16H23NO/c1-2-16(12-6-8-15(18)9-7-12)17-10-13-4-3-5-14(13)11-17/h6-9,13-14,16,18H,2-5,10-11H2,1H3. The maximum Gasteiger partial charge on any atom is 0.115 e. The first kappa shape index (κ1) is 12.0. The lowest BCUT2D eigenvalue weighted by molar-refractivity contribution is 0.221. The van der Waals surface area contributed by atoms with E-state index in [0.717, 1.165) is 18.3 Å². The molecule has 3 rings (SSSR count). The van der Waals surface area contributed by atoms with E-state index in [4.69, 9.17) is 0 Å². The van der Waals surface area contributed by atoms with Crippen LogP contribution in [-0.2, 0) is 0 Å². The summed E-state index contributed by atoms with van der Waals surface area (Å²) in [6.45, 7) is 4.83. The Morgan fingerprint density at radius 2 is 1.78 bits per heavy atom.